The molecule has 3 nitrogen and oxygen atoms in total. The topological polar surface area (TPSA) is 34.0 Å². The number of hydrogen-bond donors (Lipinski definition) is 1. The summed E-state index contributed by atoms with van der Waals surface area (Å²) in [5.74, 6) is -0.553. The number of amides is 1. The van der Waals surface area contributed by atoms with Crippen molar-refractivity contribution in [3.8, 4) is 5.69 Å². The highest BCUT2D eigenvalue weighted by atomic mass is 19.4. The van der Waals surface area contributed by atoms with Gasteiger partial charge >= 0.3 is 6.18 Å². The van der Waals surface area contributed by atoms with Crippen molar-refractivity contribution in [1.29, 1.82) is 0 Å². The van der Waals surface area contributed by atoms with Gasteiger partial charge in [-0.05, 0) is 61.0 Å². The maximum Gasteiger partial charge on any atom is 0.416 e. The summed E-state index contributed by atoms with van der Waals surface area (Å²) in [7, 11) is 0. The zero-order chi connectivity index (χ0) is 19.1. The highest BCUT2D eigenvalue weighted by molar-refractivity contribution is 6.00. The molecule has 0 spiro atoms. The molecule has 0 atom stereocenters. The SMILES string of the molecule is [2H]N(C(=O)C=C)c1ccc2c(ccn2-c2ccc(C(F)(F)F)cc2C)c1. The van der Waals surface area contributed by atoms with Crippen molar-refractivity contribution in [2.45, 2.75) is 13.1 Å². The van der Waals surface area contributed by atoms with Crippen LogP contribution in [-0.2, 0) is 11.0 Å². The molecule has 1 heterocycles. The van der Waals surface area contributed by atoms with Crippen LogP contribution in [0, 0.1) is 6.92 Å². The number of alkyl halides is 3. The largest absolute Gasteiger partial charge is 0.416 e. The van der Waals surface area contributed by atoms with Gasteiger partial charge < -0.3 is 9.88 Å². The average Bonchev–Trinajstić information content (AvgIpc) is 3.02. The van der Waals surface area contributed by atoms with E-state index in [0.717, 1.165) is 34.4 Å². The van der Waals surface area contributed by atoms with Gasteiger partial charge in [0.2, 0.25) is 5.91 Å². The second-order valence-corrected chi connectivity index (χ2v) is 5.58. The smallest absolute Gasteiger partial charge is 0.323 e. The van der Waals surface area contributed by atoms with E-state index in [4.69, 9.17) is 1.41 Å². The van der Waals surface area contributed by atoms with Gasteiger partial charge in [0.05, 0.1) is 11.1 Å². The van der Waals surface area contributed by atoms with Crippen molar-refractivity contribution in [2.24, 2.45) is 0 Å². The number of carbonyl (C=O) groups excluding carboxylic acids is 1. The van der Waals surface area contributed by atoms with Gasteiger partial charge in [0.25, 0.3) is 0 Å². The Morgan fingerprint density at radius 1 is 1.24 bits per heavy atom. The first-order valence-electron chi connectivity index (χ1n) is 7.92. The standard InChI is InChI=1S/C19H15F3N2O/c1-3-18(25)23-15-5-7-17-13(11-15)8-9-24(17)16-6-4-14(10-12(16)2)19(20,21)22/h3-11H,1H2,2H3,(H,23,25)/i/hD. The van der Waals surface area contributed by atoms with Crippen LogP contribution in [0.4, 0.5) is 18.9 Å². The maximum absolute atomic E-state index is 12.8. The van der Waals surface area contributed by atoms with E-state index >= 15 is 0 Å². The fraction of sp³-hybridized carbons (Fsp3) is 0.105. The molecule has 2 aromatic carbocycles. The lowest BCUT2D eigenvalue weighted by molar-refractivity contribution is -0.137. The highest BCUT2D eigenvalue weighted by Gasteiger charge is 2.30. The van der Waals surface area contributed by atoms with Gasteiger partial charge in [-0.1, -0.05) is 6.58 Å². The number of hydrogen-bond acceptors (Lipinski definition) is 1. The van der Waals surface area contributed by atoms with Crippen LogP contribution in [0.15, 0.2) is 61.3 Å². The molecule has 1 N–H and O–H groups in total. The molecule has 1 aromatic heterocycles. The maximum atomic E-state index is 12.8. The van der Waals surface area contributed by atoms with E-state index in [1.807, 2.05) is 0 Å². The van der Waals surface area contributed by atoms with E-state index in [2.05, 4.69) is 6.58 Å². The number of carbonyl (C=O) groups is 1. The number of rotatable bonds is 3. The predicted molar refractivity (Wildman–Crippen MR) is 91.8 cm³/mol. The molecular weight excluding hydrogens is 329 g/mol. The van der Waals surface area contributed by atoms with Crippen LogP contribution in [0.5, 0.6) is 0 Å². The molecule has 25 heavy (non-hydrogen) atoms. The van der Waals surface area contributed by atoms with E-state index in [9.17, 15) is 18.0 Å². The average molecular weight is 345 g/mol. The summed E-state index contributed by atoms with van der Waals surface area (Å²) in [6.45, 7) is 4.98. The Labute approximate surface area is 143 Å². The summed E-state index contributed by atoms with van der Waals surface area (Å²) in [6, 6.07) is 10.4. The second kappa shape index (κ2) is 6.12. The Hall–Kier alpha value is -3.02. The molecule has 0 aliphatic heterocycles. The molecule has 3 rings (SSSR count). The number of anilines is 1. The summed E-state index contributed by atoms with van der Waals surface area (Å²) in [5.41, 5.74) is 1.57. The van der Waals surface area contributed by atoms with Gasteiger partial charge in [0.1, 0.15) is 0 Å². The third-order valence-electron chi connectivity index (χ3n) is 3.87. The number of nitrogens with one attached hydrogen (secondary N) is 1. The first-order valence-corrected chi connectivity index (χ1v) is 7.47. The Morgan fingerprint density at radius 3 is 2.64 bits per heavy atom. The Morgan fingerprint density at radius 2 is 2.00 bits per heavy atom. The van der Waals surface area contributed by atoms with E-state index in [1.165, 1.54) is 6.07 Å². The molecule has 0 unspecified atom stereocenters. The fourth-order valence-corrected chi connectivity index (χ4v) is 2.68. The fourth-order valence-electron chi connectivity index (χ4n) is 2.68. The van der Waals surface area contributed by atoms with Crippen LogP contribution in [-0.4, -0.2) is 10.5 Å². The van der Waals surface area contributed by atoms with Crippen LogP contribution in [0.3, 0.4) is 0 Å². The quantitative estimate of drug-likeness (QED) is 0.660. The van der Waals surface area contributed by atoms with Gasteiger partial charge in [-0.15, -0.1) is 0 Å². The third kappa shape index (κ3) is 3.28. The van der Waals surface area contributed by atoms with E-state index in [-0.39, 0.29) is 0 Å². The first kappa shape index (κ1) is 15.5. The molecule has 0 aliphatic carbocycles. The number of benzene rings is 2. The van der Waals surface area contributed by atoms with Gasteiger partial charge in [-0.3, -0.25) is 4.79 Å². The molecule has 0 saturated carbocycles. The van der Waals surface area contributed by atoms with Crippen LogP contribution >= 0.6 is 0 Å². The van der Waals surface area contributed by atoms with E-state index in [1.54, 1.807) is 42.0 Å². The molecule has 0 saturated heterocycles. The lowest BCUT2D eigenvalue weighted by Crippen LogP contribution is -2.07. The number of fused-ring (bicyclic) bond motifs is 1. The van der Waals surface area contributed by atoms with Gasteiger partial charge in [-0.2, -0.15) is 13.2 Å². The van der Waals surface area contributed by atoms with Crippen molar-refractivity contribution in [3.05, 3.63) is 72.4 Å². The van der Waals surface area contributed by atoms with Crippen molar-refractivity contribution >= 4 is 22.5 Å². The predicted octanol–water partition coefficient (Wildman–Crippen LogP) is 5.08. The summed E-state index contributed by atoms with van der Waals surface area (Å²) in [6.07, 6.45) is -1.59. The van der Waals surface area contributed by atoms with Gasteiger partial charge in [0.15, 0.2) is 1.41 Å². The van der Waals surface area contributed by atoms with E-state index in [0.29, 0.717) is 16.9 Å². The lowest BCUT2D eigenvalue weighted by Gasteiger charge is -2.13. The summed E-state index contributed by atoms with van der Waals surface area (Å²) in [5, 5.41) is 1.49. The summed E-state index contributed by atoms with van der Waals surface area (Å²) >= 11 is 0. The number of aromatic nitrogens is 1. The Kier molecular flexibility index (Phi) is 3.80. The van der Waals surface area contributed by atoms with E-state index < -0.39 is 17.6 Å². The number of nitrogens with zero attached hydrogens (tertiary/aromatic N) is 1. The third-order valence-corrected chi connectivity index (χ3v) is 3.87. The molecule has 3 aromatic rings. The first-order chi connectivity index (χ1) is 12.2. The van der Waals surface area contributed by atoms with Crippen molar-refractivity contribution in [2.75, 3.05) is 5.31 Å². The zero-order valence-corrected chi connectivity index (χ0v) is 13.3. The molecular formula is C19H15F3N2O. The molecule has 0 radical (unpaired) electrons. The lowest BCUT2D eigenvalue weighted by atomic mass is 10.1. The van der Waals surface area contributed by atoms with Crippen molar-refractivity contribution in [3.63, 3.8) is 0 Å². The van der Waals surface area contributed by atoms with Crippen molar-refractivity contribution < 1.29 is 19.4 Å². The summed E-state index contributed by atoms with van der Waals surface area (Å²) < 4.78 is 48.1. The minimum atomic E-state index is -4.38. The normalized spacial score (nSPS) is 12.1. The molecule has 6 heteroatoms. The molecule has 1 amide bonds. The van der Waals surface area contributed by atoms with Crippen LogP contribution in [0.1, 0.15) is 11.1 Å². The Balaban J connectivity index is 2.05. The number of aryl methyl sites for hydroxylation is 1. The molecule has 128 valence electrons. The molecule has 0 aliphatic rings. The molecule has 0 bridgehead atoms. The van der Waals surface area contributed by atoms with Crippen molar-refractivity contribution in [1.82, 2.24) is 4.57 Å². The number of halogens is 3. The summed E-state index contributed by atoms with van der Waals surface area (Å²) in [4.78, 5) is 11.6. The minimum Gasteiger partial charge on any atom is -0.323 e. The van der Waals surface area contributed by atoms with Gasteiger partial charge in [0, 0.05) is 23.0 Å². The zero-order valence-electron chi connectivity index (χ0n) is 14.3. The van der Waals surface area contributed by atoms with Crippen LogP contribution in [0.25, 0.3) is 16.6 Å². The Bertz CT molecular complexity index is 1010. The second-order valence-electron chi connectivity index (χ2n) is 5.58. The highest BCUT2D eigenvalue weighted by Crippen LogP contribution is 2.32. The monoisotopic (exact) mass is 345 g/mol. The van der Waals surface area contributed by atoms with Crippen LogP contribution < -0.4 is 5.31 Å². The minimum absolute atomic E-state index is 0.379. The van der Waals surface area contributed by atoms with Gasteiger partial charge in [-0.25, -0.2) is 0 Å². The molecule has 0 fully saturated rings. The van der Waals surface area contributed by atoms with Crippen LogP contribution in [0.2, 0.25) is 1.41 Å².